The van der Waals surface area contributed by atoms with E-state index in [4.69, 9.17) is 18.0 Å². The lowest BCUT2D eigenvalue weighted by Crippen LogP contribution is -2.14. The number of nitrogens with one attached hydrogen (secondary N) is 1. The number of halogens is 1. The van der Waals surface area contributed by atoms with Gasteiger partial charge in [-0.1, -0.05) is 36.5 Å². The standard InChI is InChI=1S/C14H11BrN2OS/c15-12-7-2-1-6-11(12)14(18)17-10-5-3-4-9(8-10)13(16)19/h1-8H,(H2,16,19)(H,17,18). The minimum absolute atomic E-state index is 0.187. The highest BCUT2D eigenvalue weighted by Gasteiger charge is 2.09. The van der Waals surface area contributed by atoms with E-state index in [0.717, 1.165) is 10.0 Å². The lowest BCUT2D eigenvalue weighted by molar-refractivity contribution is 0.102. The first-order valence-corrected chi connectivity index (χ1v) is 6.74. The maximum Gasteiger partial charge on any atom is 0.256 e. The third-order valence-corrected chi connectivity index (χ3v) is 3.45. The molecule has 1 amide bonds. The van der Waals surface area contributed by atoms with E-state index in [9.17, 15) is 4.79 Å². The zero-order valence-electron chi connectivity index (χ0n) is 9.89. The zero-order chi connectivity index (χ0) is 13.8. The van der Waals surface area contributed by atoms with Crippen molar-refractivity contribution >= 4 is 44.7 Å². The zero-order valence-corrected chi connectivity index (χ0v) is 12.3. The topological polar surface area (TPSA) is 55.1 Å². The molecule has 0 saturated heterocycles. The van der Waals surface area contributed by atoms with E-state index in [1.165, 1.54) is 0 Å². The second-order valence-electron chi connectivity index (χ2n) is 3.88. The van der Waals surface area contributed by atoms with Crippen molar-refractivity contribution in [1.82, 2.24) is 0 Å². The molecule has 0 atom stereocenters. The number of carbonyl (C=O) groups is 1. The van der Waals surface area contributed by atoms with E-state index in [0.29, 0.717) is 16.2 Å². The van der Waals surface area contributed by atoms with Crippen LogP contribution in [0.25, 0.3) is 0 Å². The van der Waals surface area contributed by atoms with Gasteiger partial charge < -0.3 is 11.1 Å². The SMILES string of the molecule is NC(=S)c1cccc(NC(=O)c2ccccc2Br)c1. The summed E-state index contributed by atoms with van der Waals surface area (Å²) in [5.41, 5.74) is 7.51. The first kappa shape index (κ1) is 13.7. The Morgan fingerprint density at radius 2 is 1.89 bits per heavy atom. The first-order valence-electron chi connectivity index (χ1n) is 5.53. The van der Waals surface area contributed by atoms with Crippen LogP contribution in [-0.2, 0) is 0 Å². The molecule has 3 N–H and O–H groups in total. The molecular formula is C14H11BrN2OS. The van der Waals surface area contributed by atoms with Gasteiger partial charge in [-0.25, -0.2) is 0 Å². The molecule has 2 rings (SSSR count). The lowest BCUT2D eigenvalue weighted by atomic mass is 10.1. The normalized spacial score (nSPS) is 9.95. The Bertz CT molecular complexity index is 643. The summed E-state index contributed by atoms with van der Waals surface area (Å²) in [6.45, 7) is 0. The highest BCUT2D eigenvalue weighted by Crippen LogP contribution is 2.18. The van der Waals surface area contributed by atoms with Gasteiger partial charge in [-0.3, -0.25) is 4.79 Å². The van der Waals surface area contributed by atoms with Crippen LogP contribution in [0.1, 0.15) is 15.9 Å². The van der Waals surface area contributed by atoms with E-state index in [1.54, 1.807) is 30.3 Å². The monoisotopic (exact) mass is 334 g/mol. The molecule has 0 aliphatic rings. The summed E-state index contributed by atoms with van der Waals surface area (Å²) in [5, 5.41) is 2.81. The summed E-state index contributed by atoms with van der Waals surface area (Å²) in [5.74, 6) is -0.187. The Labute approximate surface area is 124 Å². The van der Waals surface area contributed by atoms with E-state index >= 15 is 0 Å². The Morgan fingerprint density at radius 3 is 2.58 bits per heavy atom. The fourth-order valence-electron chi connectivity index (χ4n) is 1.59. The number of carbonyl (C=O) groups excluding carboxylic acids is 1. The quantitative estimate of drug-likeness (QED) is 0.846. The Hall–Kier alpha value is -1.72. The molecule has 0 fully saturated rings. The average Bonchev–Trinajstić information content (AvgIpc) is 2.39. The predicted octanol–water partition coefficient (Wildman–Crippen LogP) is 3.34. The number of hydrogen-bond acceptors (Lipinski definition) is 2. The first-order chi connectivity index (χ1) is 9.08. The number of anilines is 1. The molecular weight excluding hydrogens is 324 g/mol. The molecule has 0 aliphatic carbocycles. The molecule has 0 spiro atoms. The largest absolute Gasteiger partial charge is 0.389 e. The molecule has 2 aromatic carbocycles. The van der Waals surface area contributed by atoms with Gasteiger partial charge in [0, 0.05) is 15.7 Å². The van der Waals surface area contributed by atoms with Crippen LogP contribution in [0.2, 0.25) is 0 Å². The van der Waals surface area contributed by atoms with Crippen LogP contribution in [-0.4, -0.2) is 10.9 Å². The average molecular weight is 335 g/mol. The van der Waals surface area contributed by atoms with Gasteiger partial charge in [-0.15, -0.1) is 0 Å². The molecule has 2 aromatic rings. The van der Waals surface area contributed by atoms with Crippen molar-refractivity contribution in [3.8, 4) is 0 Å². The number of thiocarbonyl (C=S) groups is 1. The minimum atomic E-state index is -0.187. The van der Waals surface area contributed by atoms with Crippen molar-refractivity contribution in [2.75, 3.05) is 5.32 Å². The molecule has 19 heavy (non-hydrogen) atoms. The van der Waals surface area contributed by atoms with Crippen LogP contribution in [0, 0.1) is 0 Å². The molecule has 96 valence electrons. The number of amides is 1. The van der Waals surface area contributed by atoms with Gasteiger partial charge in [0.2, 0.25) is 0 Å². The molecule has 0 saturated carbocycles. The Morgan fingerprint density at radius 1 is 1.16 bits per heavy atom. The van der Waals surface area contributed by atoms with Crippen LogP contribution in [0.5, 0.6) is 0 Å². The van der Waals surface area contributed by atoms with Gasteiger partial charge in [-0.05, 0) is 40.2 Å². The van der Waals surface area contributed by atoms with E-state index in [-0.39, 0.29) is 5.91 Å². The maximum atomic E-state index is 12.1. The van der Waals surface area contributed by atoms with Gasteiger partial charge in [0.05, 0.1) is 5.56 Å². The van der Waals surface area contributed by atoms with E-state index in [2.05, 4.69) is 21.2 Å². The van der Waals surface area contributed by atoms with Gasteiger partial charge >= 0.3 is 0 Å². The van der Waals surface area contributed by atoms with Gasteiger partial charge in [0.25, 0.3) is 5.91 Å². The fraction of sp³-hybridized carbons (Fsp3) is 0. The molecule has 3 nitrogen and oxygen atoms in total. The van der Waals surface area contributed by atoms with Crippen LogP contribution in [0.4, 0.5) is 5.69 Å². The lowest BCUT2D eigenvalue weighted by Gasteiger charge is -2.08. The molecule has 0 heterocycles. The van der Waals surface area contributed by atoms with E-state index < -0.39 is 0 Å². The molecule has 5 heteroatoms. The smallest absolute Gasteiger partial charge is 0.256 e. The summed E-state index contributed by atoms with van der Waals surface area (Å²) in [4.78, 5) is 12.4. The summed E-state index contributed by atoms with van der Waals surface area (Å²) in [7, 11) is 0. The minimum Gasteiger partial charge on any atom is -0.389 e. The number of nitrogens with two attached hydrogens (primary N) is 1. The van der Waals surface area contributed by atoms with Crippen LogP contribution < -0.4 is 11.1 Å². The van der Waals surface area contributed by atoms with Crippen molar-refractivity contribution in [2.45, 2.75) is 0 Å². The highest BCUT2D eigenvalue weighted by molar-refractivity contribution is 9.10. The summed E-state index contributed by atoms with van der Waals surface area (Å²) >= 11 is 8.25. The van der Waals surface area contributed by atoms with Gasteiger partial charge in [-0.2, -0.15) is 0 Å². The maximum absolute atomic E-state index is 12.1. The van der Waals surface area contributed by atoms with Gasteiger partial charge in [0.1, 0.15) is 4.99 Å². The third-order valence-electron chi connectivity index (χ3n) is 2.52. The summed E-state index contributed by atoms with van der Waals surface area (Å²) in [6.07, 6.45) is 0. The van der Waals surface area contributed by atoms with E-state index in [1.807, 2.05) is 18.2 Å². The number of hydrogen-bond donors (Lipinski definition) is 2. The Kier molecular flexibility index (Phi) is 4.29. The molecule has 0 aromatic heterocycles. The summed E-state index contributed by atoms with van der Waals surface area (Å²) < 4.78 is 0.748. The van der Waals surface area contributed by atoms with Gasteiger partial charge in [0.15, 0.2) is 0 Å². The van der Waals surface area contributed by atoms with Crippen molar-refractivity contribution in [3.63, 3.8) is 0 Å². The molecule has 0 aliphatic heterocycles. The number of benzene rings is 2. The van der Waals surface area contributed by atoms with Crippen LogP contribution in [0.3, 0.4) is 0 Å². The van der Waals surface area contributed by atoms with Crippen molar-refractivity contribution in [1.29, 1.82) is 0 Å². The van der Waals surface area contributed by atoms with Crippen molar-refractivity contribution in [3.05, 3.63) is 64.1 Å². The molecule has 0 bridgehead atoms. The number of rotatable bonds is 3. The van der Waals surface area contributed by atoms with Crippen molar-refractivity contribution < 1.29 is 4.79 Å². The Balaban J connectivity index is 2.22. The second-order valence-corrected chi connectivity index (χ2v) is 5.17. The third kappa shape index (κ3) is 3.39. The van der Waals surface area contributed by atoms with Crippen LogP contribution in [0.15, 0.2) is 53.0 Å². The van der Waals surface area contributed by atoms with Crippen molar-refractivity contribution in [2.24, 2.45) is 5.73 Å². The highest BCUT2D eigenvalue weighted by atomic mass is 79.9. The molecule has 0 unspecified atom stereocenters. The second kappa shape index (κ2) is 5.95. The molecule has 0 radical (unpaired) electrons. The predicted molar refractivity (Wildman–Crippen MR) is 84.4 cm³/mol. The van der Waals surface area contributed by atoms with Crippen LogP contribution >= 0.6 is 28.1 Å². The summed E-state index contributed by atoms with van der Waals surface area (Å²) in [6, 6.07) is 14.4. The fourth-order valence-corrected chi connectivity index (χ4v) is 2.19.